The highest BCUT2D eigenvalue weighted by atomic mass is 16.5. The lowest BCUT2D eigenvalue weighted by atomic mass is 9.71. The molecule has 0 saturated carbocycles. The standard InChI is InChI=1S/C33H30N2O8/c1-16-17(2)21(35-31(40)19-9-7-6-8-10-19)12-11-20(16)15-34-32(41)27-24(42-5)13-23(38)28-29(27)43-25-14-22(37)26(18(3)36)30(39)33(25,28)4/h6-14,37-38H,15H2,1-5H3,(H,34,41)(H,35,40)/t33-/m1/s1. The zero-order chi connectivity index (χ0) is 31.2. The van der Waals surface area contributed by atoms with Gasteiger partial charge in [-0.2, -0.15) is 0 Å². The fraction of sp³-hybridized carbons (Fsp3) is 0.212. The van der Waals surface area contributed by atoms with Gasteiger partial charge >= 0.3 is 0 Å². The summed E-state index contributed by atoms with van der Waals surface area (Å²) in [5.41, 5.74) is 1.51. The number of aromatic hydroxyl groups is 1. The van der Waals surface area contributed by atoms with Crippen LogP contribution < -0.4 is 20.1 Å². The number of methoxy groups -OCH3 is 1. The summed E-state index contributed by atoms with van der Waals surface area (Å²) in [6, 6.07) is 13.6. The SMILES string of the molecule is COc1cc(O)c2c(c1C(=O)NCc1ccc(NC(=O)c3ccccc3)c(C)c1C)OC1=CC(O)=C(C(C)=O)C(=O)[C@]12C. The second-order valence-electron chi connectivity index (χ2n) is 10.6. The fourth-order valence-corrected chi connectivity index (χ4v) is 5.47. The van der Waals surface area contributed by atoms with E-state index in [9.17, 15) is 29.4 Å². The van der Waals surface area contributed by atoms with Gasteiger partial charge in [-0.25, -0.2) is 0 Å². The summed E-state index contributed by atoms with van der Waals surface area (Å²) in [7, 11) is 1.32. The van der Waals surface area contributed by atoms with Gasteiger partial charge in [0.05, 0.1) is 12.7 Å². The van der Waals surface area contributed by atoms with Gasteiger partial charge in [0.2, 0.25) is 0 Å². The minimum atomic E-state index is -1.65. The molecule has 3 aromatic rings. The molecular formula is C33H30N2O8. The predicted octanol–water partition coefficient (Wildman–Crippen LogP) is 4.72. The number of benzene rings is 3. The van der Waals surface area contributed by atoms with Crippen LogP contribution in [0.15, 0.2) is 71.7 Å². The molecule has 0 unspecified atom stereocenters. The van der Waals surface area contributed by atoms with E-state index in [4.69, 9.17) is 9.47 Å². The van der Waals surface area contributed by atoms with Crippen LogP contribution in [0.2, 0.25) is 0 Å². The Labute approximate surface area is 247 Å². The van der Waals surface area contributed by atoms with Crippen molar-refractivity contribution in [3.05, 3.63) is 105 Å². The van der Waals surface area contributed by atoms with Crippen molar-refractivity contribution in [1.82, 2.24) is 5.32 Å². The molecule has 0 fully saturated rings. The maximum absolute atomic E-state index is 13.6. The molecule has 5 rings (SSSR count). The van der Waals surface area contributed by atoms with Crippen LogP contribution in [0.25, 0.3) is 0 Å². The molecule has 220 valence electrons. The topological polar surface area (TPSA) is 151 Å². The highest BCUT2D eigenvalue weighted by molar-refractivity contribution is 6.25. The lowest BCUT2D eigenvalue weighted by Gasteiger charge is -2.27. The Kier molecular flexibility index (Phi) is 7.31. The Morgan fingerprint density at radius 2 is 1.70 bits per heavy atom. The predicted molar refractivity (Wildman–Crippen MR) is 158 cm³/mol. The van der Waals surface area contributed by atoms with Crippen LogP contribution in [0.1, 0.15) is 56.8 Å². The summed E-state index contributed by atoms with van der Waals surface area (Å²) in [6.45, 7) is 6.47. The number of carbonyl (C=O) groups is 4. The molecule has 1 aliphatic heterocycles. The van der Waals surface area contributed by atoms with Gasteiger partial charge in [-0.15, -0.1) is 0 Å². The third-order valence-electron chi connectivity index (χ3n) is 8.06. The van der Waals surface area contributed by atoms with Crippen LogP contribution in [0.3, 0.4) is 0 Å². The van der Waals surface area contributed by atoms with Gasteiger partial charge in [0, 0.05) is 29.9 Å². The van der Waals surface area contributed by atoms with Crippen molar-refractivity contribution in [3.63, 3.8) is 0 Å². The molecule has 3 aromatic carbocycles. The smallest absolute Gasteiger partial charge is 0.259 e. The van der Waals surface area contributed by atoms with E-state index in [1.807, 2.05) is 19.9 Å². The summed E-state index contributed by atoms with van der Waals surface area (Å²) in [6.07, 6.45) is 1.15. The van der Waals surface area contributed by atoms with Crippen molar-refractivity contribution in [1.29, 1.82) is 0 Å². The van der Waals surface area contributed by atoms with Crippen molar-refractivity contribution in [3.8, 4) is 17.2 Å². The van der Waals surface area contributed by atoms with Crippen LogP contribution in [-0.4, -0.2) is 40.7 Å². The third-order valence-corrected chi connectivity index (χ3v) is 8.06. The molecule has 0 spiro atoms. The molecule has 0 radical (unpaired) electrons. The monoisotopic (exact) mass is 582 g/mol. The number of anilines is 1. The van der Waals surface area contributed by atoms with E-state index in [2.05, 4.69) is 10.6 Å². The Morgan fingerprint density at radius 1 is 1.00 bits per heavy atom. The Morgan fingerprint density at radius 3 is 2.35 bits per heavy atom. The number of allylic oxidation sites excluding steroid dienone is 3. The molecule has 2 amide bonds. The van der Waals surface area contributed by atoms with E-state index in [1.54, 1.807) is 36.4 Å². The Bertz CT molecular complexity index is 1790. The summed E-state index contributed by atoms with van der Waals surface area (Å²) in [5.74, 6) is -3.31. The molecule has 43 heavy (non-hydrogen) atoms. The molecule has 10 heteroatoms. The normalized spacial score (nSPS) is 17.0. The average molecular weight is 583 g/mol. The van der Waals surface area contributed by atoms with Crippen LogP contribution >= 0.6 is 0 Å². The average Bonchev–Trinajstić information content (AvgIpc) is 3.28. The number of rotatable bonds is 7. The van der Waals surface area contributed by atoms with Crippen molar-refractivity contribution in [2.75, 3.05) is 12.4 Å². The zero-order valence-corrected chi connectivity index (χ0v) is 24.2. The first kappa shape index (κ1) is 29.1. The van der Waals surface area contributed by atoms with Gasteiger partial charge in [-0.3, -0.25) is 19.2 Å². The quantitative estimate of drug-likeness (QED) is 0.292. The van der Waals surface area contributed by atoms with Gasteiger partial charge in [0.1, 0.15) is 39.6 Å². The van der Waals surface area contributed by atoms with Crippen molar-refractivity contribution >= 4 is 29.1 Å². The van der Waals surface area contributed by atoms with Crippen LogP contribution in [0, 0.1) is 13.8 Å². The summed E-state index contributed by atoms with van der Waals surface area (Å²) in [4.78, 5) is 51.9. The van der Waals surface area contributed by atoms with Gasteiger partial charge in [0.15, 0.2) is 17.3 Å². The lowest BCUT2D eigenvalue weighted by molar-refractivity contribution is -0.123. The highest BCUT2D eigenvalue weighted by Gasteiger charge is 2.55. The summed E-state index contributed by atoms with van der Waals surface area (Å²) < 4.78 is 11.3. The van der Waals surface area contributed by atoms with Crippen molar-refractivity contribution in [2.45, 2.75) is 39.7 Å². The number of hydrogen-bond acceptors (Lipinski definition) is 8. The molecule has 10 nitrogen and oxygen atoms in total. The highest BCUT2D eigenvalue weighted by Crippen LogP contribution is 2.56. The van der Waals surface area contributed by atoms with E-state index in [0.717, 1.165) is 29.7 Å². The number of ether oxygens (including phenoxy) is 2. The Hall–Kier alpha value is -5.38. The lowest BCUT2D eigenvalue weighted by Crippen LogP contribution is -2.38. The minimum Gasteiger partial charge on any atom is -0.507 e. The number of phenols is 1. The molecule has 0 saturated heterocycles. The second kappa shape index (κ2) is 10.8. The fourth-order valence-electron chi connectivity index (χ4n) is 5.47. The molecule has 0 bridgehead atoms. The number of aliphatic hydroxyl groups is 1. The number of Topliss-reactive ketones (excluding diaryl/α,β-unsaturated/α-hetero) is 2. The van der Waals surface area contributed by atoms with E-state index in [-0.39, 0.29) is 46.6 Å². The van der Waals surface area contributed by atoms with Gasteiger partial charge in [-0.1, -0.05) is 24.3 Å². The number of phenolic OH excluding ortho intramolecular Hbond substituents is 1. The maximum atomic E-state index is 13.6. The van der Waals surface area contributed by atoms with Crippen LogP contribution in [0.5, 0.6) is 17.2 Å². The molecule has 0 aromatic heterocycles. The second-order valence-corrected chi connectivity index (χ2v) is 10.6. The van der Waals surface area contributed by atoms with Gasteiger partial charge < -0.3 is 30.3 Å². The first-order chi connectivity index (χ1) is 20.4. The van der Waals surface area contributed by atoms with Crippen LogP contribution in [0.4, 0.5) is 5.69 Å². The largest absolute Gasteiger partial charge is 0.507 e. The van der Waals surface area contributed by atoms with Crippen LogP contribution in [-0.2, 0) is 21.5 Å². The maximum Gasteiger partial charge on any atom is 0.259 e. The van der Waals surface area contributed by atoms with Gasteiger partial charge in [0.25, 0.3) is 11.8 Å². The van der Waals surface area contributed by atoms with E-state index in [0.29, 0.717) is 11.3 Å². The molecule has 1 atom stereocenters. The van der Waals surface area contributed by atoms with Crippen molar-refractivity contribution in [2.24, 2.45) is 0 Å². The molecular weight excluding hydrogens is 552 g/mol. The number of aliphatic hydroxyl groups excluding tert-OH is 1. The number of hydrogen-bond donors (Lipinski definition) is 4. The van der Waals surface area contributed by atoms with E-state index in [1.165, 1.54) is 20.1 Å². The minimum absolute atomic E-state index is 0.0000989. The van der Waals surface area contributed by atoms with Gasteiger partial charge in [-0.05, 0) is 62.6 Å². The number of amides is 2. The number of ketones is 2. The third kappa shape index (κ3) is 4.70. The molecule has 2 aliphatic rings. The van der Waals surface area contributed by atoms with Crippen molar-refractivity contribution < 1.29 is 38.9 Å². The number of nitrogens with one attached hydrogen (secondary N) is 2. The summed E-state index contributed by atoms with van der Waals surface area (Å²) >= 11 is 0. The molecule has 4 N–H and O–H groups in total. The number of fused-ring (bicyclic) bond motifs is 3. The zero-order valence-electron chi connectivity index (χ0n) is 24.2. The summed E-state index contributed by atoms with van der Waals surface area (Å²) in [5, 5.41) is 27.1. The first-order valence-electron chi connectivity index (χ1n) is 13.5. The molecule has 1 aliphatic carbocycles. The van der Waals surface area contributed by atoms with E-state index >= 15 is 0 Å². The first-order valence-corrected chi connectivity index (χ1v) is 13.5. The Balaban J connectivity index is 1.44. The number of carbonyl (C=O) groups excluding carboxylic acids is 4. The molecule has 1 heterocycles. The van der Waals surface area contributed by atoms with E-state index < -0.39 is 34.2 Å².